The number of thiophene rings is 1. The normalized spacial score (nSPS) is 11.8. The second-order valence-corrected chi connectivity index (χ2v) is 17.9. The van der Waals surface area contributed by atoms with Crippen LogP contribution in [0.1, 0.15) is 0 Å². The molecule has 0 atom stereocenters. The molecule has 0 aliphatic heterocycles. The quantitative estimate of drug-likeness (QED) is 0.169. The van der Waals surface area contributed by atoms with Crippen molar-refractivity contribution in [2.45, 2.75) is 0 Å². The predicted molar refractivity (Wildman–Crippen MR) is 275 cm³/mol. The molecule has 6 heteroatoms. The highest BCUT2D eigenvalue weighted by atomic mass is 35.5. The lowest BCUT2D eigenvalue weighted by atomic mass is 9.95. The minimum atomic E-state index is 0.162. The second kappa shape index (κ2) is 15.1. The first kappa shape index (κ1) is 37.6. The monoisotopic (exact) mass is 866 g/mol. The van der Waals surface area contributed by atoms with E-state index >= 15 is 0 Å². The number of nitrogens with one attached hydrogen (secondary N) is 1. The van der Waals surface area contributed by atoms with Crippen molar-refractivity contribution in [1.29, 1.82) is 0 Å². The molecular formula is C59H35ClN4S. The Labute approximate surface area is 383 Å². The summed E-state index contributed by atoms with van der Waals surface area (Å²) in [7, 11) is 0. The number of hydrogen-bond donors (Lipinski definition) is 1. The van der Waals surface area contributed by atoms with Gasteiger partial charge in [0.05, 0.1) is 11.0 Å². The largest absolute Gasteiger partial charge is 0.353 e. The van der Waals surface area contributed by atoms with E-state index in [1.807, 2.05) is 41.7 Å². The summed E-state index contributed by atoms with van der Waals surface area (Å²) >= 11 is 8.35. The van der Waals surface area contributed by atoms with Gasteiger partial charge in [-0.3, -0.25) is 0 Å². The van der Waals surface area contributed by atoms with Crippen molar-refractivity contribution in [2.24, 2.45) is 0 Å². The fraction of sp³-hybridized carbons (Fsp3) is 0. The molecular weight excluding hydrogens is 832 g/mol. The molecule has 1 N–H and O–H groups in total. The molecule has 0 aliphatic carbocycles. The molecule has 0 saturated carbocycles. The van der Waals surface area contributed by atoms with Crippen molar-refractivity contribution >= 4 is 86.5 Å². The summed E-state index contributed by atoms with van der Waals surface area (Å²) in [5.41, 5.74) is 13.4. The third-order valence-electron chi connectivity index (χ3n) is 12.8. The third-order valence-corrected chi connectivity index (χ3v) is 14.2. The van der Waals surface area contributed by atoms with Crippen LogP contribution in [0.4, 0.5) is 0 Å². The number of halogens is 1. The Hall–Kier alpha value is -7.96. The molecule has 0 saturated heterocycles. The van der Waals surface area contributed by atoms with E-state index in [1.165, 1.54) is 85.8 Å². The van der Waals surface area contributed by atoms with Crippen molar-refractivity contribution in [3.63, 3.8) is 0 Å². The smallest absolute Gasteiger partial charge is 0.226 e. The molecule has 0 amide bonds. The van der Waals surface area contributed by atoms with Crippen LogP contribution in [-0.2, 0) is 0 Å². The summed E-state index contributed by atoms with van der Waals surface area (Å²) < 4.78 is 2.57. The summed E-state index contributed by atoms with van der Waals surface area (Å²) in [6.45, 7) is 0. The fourth-order valence-electron chi connectivity index (χ4n) is 9.73. The topological polar surface area (TPSA) is 54.5 Å². The summed E-state index contributed by atoms with van der Waals surface area (Å²) in [5.74, 6) is 1.07. The molecule has 3 aromatic heterocycles. The van der Waals surface area contributed by atoms with Gasteiger partial charge in [0.15, 0.2) is 11.6 Å². The van der Waals surface area contributed by atoms with Crippen molar-refractivity contribution in [2.75, 3.05) is 0 Å². The van der Waals surface area contributed by atoms with Crippen LogP contribution in [0, 0.1) is 0 Å². The summed E-state index contributed by atoms with van der Waals surface area (Å²) in [5, 5.41) is 10.3. The van der Waals surface area contributed by atoms with E-state index in [0.29, 0.717) is 11.6 Å². The molecule has 65 heavy (non-hydrogen) atoms. The van der Waals surface area contributed by atoms with Crippen LogP contribution in [0.3, 0.4) is 0 Å². The molecule has 0 radical (unpaired) electrons. The lowest BCUT2D eigenvalue weighted by molar-refractivity contribution is 1.07. The summed E-state index contributed by atoms with van der Waals surface area (Å²) in [6.07, 6.45) is 0. The van der Waals surface area contributed by atoms with E-state index in [-0.39, 0.29) is 5.28 Å². The average Bonchev–Trinajstić information content (AvgIpc) is 3.96. The van der Waals surface area contributed by atoms with Gasteiger partial charge in [-0.25, -0.2) is 4.98 Å². The zero-order valence-corrected chi connectivity index (χ0v) is 36.3. The SMILES string of the molecule is Clc1nc(-c2ccc(-c3ccccc3)cc2)nc(-c2ccc(-c3cccc(-c4ccc5sc6c(-c7cccc8c7[nH]c7c9ccccc9c9ccccc9c87)cccc6c5c4)c3)cc2)n1. The van der Waals surface area contributed by atoms with Crippen LogP contribution in [0.15, 0.2) is 206 Å². The van der Waals surface area contributed by atoms with Crippen LogP contribution in [-0.4, -0.2) is 19.9 Å². The Bertz CT molecular complexity index is 4000. The molecule has 304 valence electrons. The Kier molecular flexibility index (Phi) is 8.73. The van der Waals surface area contributed by atoms with E-state index in [0.717, 1.165) is 33.4 Å². The maximum absolute atomic E-state index is 6.48. The van der Waals surface area contributed by atoms with Gasteiger partial charge >= 0.3 is 0 Å². The van der Waals surface area contributed by atoms with Crippen molar-refractivity contribution in [1.82, 2.24) is 19.9 Å². The number of aromatic amines is 1. The molecule has 0 bridgehead atoms. The van der Waals surface area contributed by atoms with E-state index in [9.17, 15) is 0 Å². The molecule has 13 aromatic rings. The first-order chi connectivity index (χ1) is 32.1. The zero-order chi connectivity index (χ0) is 43.0. The van der Waals surface area contributed by atoms with Gasteiger partial charge < -0.3 is 4.98 Å². The van der Waals surface area contributed by atoms with Crippen LogP contribution >= 0.6 is 22.9 Å². The number of hydrogen-bond acceptors (Lipinski definition) is 4. The molecule has 0 fully saturated rings. The van der Waals surface area contributed by atoms with Crippen molar-refractivity contribution < 1.29 is 0 Å². The second-order valence-electron chi connectivity index (χ2n) is 16.5. The minimum absolute atomic E-state index is 0.162. The Morgan fingerprint density at radius 2 is 0.831 bits per heavy atom. The van der Waals surface area contributed by atoms with Crippen molar-refractivity contribution in [3.8, 4) is 67.3 Å². The van der Waals surface area contributed by atoms with Gasteiger partial charge in [0, 0.05) is 58.6 Å². The lowest BCUT2D eigenvalue weighted by Gasteiger charge is -2.09. The number of para-hydroxylation sites is 1. The molecule has 13 rings (SSSR count). The molecule has 10 aromatic carbocycles. The van der Waals surface area contributed by atoms with Crippen LogP contribution < -0.4 is 0 Å². The highest BCUT2D eigenvalue weighted by Crippen LogP contribution is 2.46. The average molecular weight is 867 g/mol. The summed E-state index contributed by atoms with van der Waals surface area (Å²) in [4.78, 5) is 17.7. The number of H-pyrrole nitrogens is 1. The Morgan fingerprint density at radius 3 is 1.55 bits per heavy atom. The van der Waals surface area contributed by atoms with E-state index in [2.05, 4.69) is 191 Å². The first-order valence-electron chi connectivity index (χ1n) is 21.7. The minimum Gasteiger partial charge on any atom is -0.353 e. The maximum atomic E-state index is 6.48. The number of benzene rings is 10. The standard InChI is InChI=1S/C59H35ClN4S/c60-59-63-57(38-27-23-36(24-28-38)35-11-2-1-3-12-35)62-58(64-59)39-29-25-37(26-30-39)40-13-8-14-41(33-40)42-31-32-52-51(34-42)49-21-10-20-48(56(49)65-52)47-19-9-22-50-53-45-17-6-4-15-43(45)44-16-5-7-18-46(44)55(53)61-54(47)50/h1-34,61H. The highest BCUT2D eigenvalue weighted by molar-refractivity contribution is 7.26. The Morgan fingerprint density at radius 1 is 0.338 bits per heavy atom. The predicted octanol–water partition coefficient (Wildman–Crippen LogP) is 16.8. The molecule has 0 spiro atoms. The van der Waals surface area contributed by atoms with Gasteiger partial charge in [0.2, 0.25) is 5.28 Å². The van der Waals surface area contributed by atoms with Gasteiger partial charge in [0.1, 0.15) is 0 Å². The van der Waals surface area contributed by atoms with Gasteiger partial charge in [-0.15, -0.1) is 11.3 Å². The van der Waals surface area contributed by atoms with E-state index in [1.54, 1.807) is 0 Å². The molecule has 3 heterocycles. The zero-order valence-electron chi connectivity index (χ0n) is 34.8. The summed E-state index contributed by atoms with van der Waals surface area (Å²) in [6, 6.07) is 73.6. The lowest BCUT2D eigenvalue weighted by Crippen LogP contribution is -1.97. The third kappa shape index (κ3) is 6.31. The van der Waals surface area contributed by atoms with E-state index < -0.39 is 0 Å². The number of nitrogens with zero attached hydrogens (tertiary/aromatic N) is 3. The van der Waals surface area contributed by atoms with Gasteiger partial charge in [-0.2, -0.15) is 9.97 Å². The maximum Gasteiger partial charge on any atom is 0.226 e. The Balaban J connectivity index is 0.830. The van der Waals surface area contributed by atoms with Gasteiger partial charge in [-0.1, -0.05) is 188 Å². The number of rotatable bonds is 6. The van der Waals surface area contributed by atoms with Crippen LogP contribution in [0.5, 0.6) is 0 Å². The first-order valence-corrected chi connectivity index (χ1v) is 22.9. The molecule has 4 nitrogen and oxygen atoms in total. The van der Waals surface area contributed by atoms with Crippen LogP contribution in [0.25, 0.3) is 131 Å². The number of aromatic nitrogens is 4. The van der Waals surface area contributed by atoms with Crippen molar-refractivity contribution in [3.05, 3.63) is 212 Å². The van der Waals surface area contributed by atoms with E-state index in [4.69, 9.17) is 16.6 Å². The molecule has 0 unspecified atom stereocenters. The van der Waals surface area contributed by atoms with Gasteiger partial charge in [0.25, 0.3) is 0 Å². The molecule has 0 aliphatic rings. The van der Waals surface area contributed by atoms with Gasteiger partial charge in [-0.05, 0) is 79.3 Å². The number of fused-ring (bicyclic) bond motifs is 11. The van der Waals surface area contributed by atoms with Crippen LogP contribution in [0.2, 0.25) is 5.28 Å². The highest BCUT2D eigenvalue weighted by Gasteiger charge is 2.19. The fourth-order valence-corrected chi connectivity index (χ4v) is 11.1.